The summed E-state index contributed by atoms with van der Waals surface area (Å²) in [4.78, 5) is 4.34. The van der Waals surface area contributed by atoms with Crippen molar-refractivity contribution in [3.8, 4) is 28.9 Å². The van der Waals surface area contributed by atoms with Crippen LogP contribution in [-0.2, 0) is 17.9 Å². The van der Waals surface area contributed by atoms with Crippen molar-refractivity contribution in [2.75, 3.05) is 7.11 Å². The summed E-state index contributed by atoms with van der Waals surface area (Å²) < 4.78 is 23.6. The van der Waals surface area contributed by atoms with E-state index in [4.69, 9.17) is 18.4 Å². The summed E-state index contributed by atoms with van der Waals surface area (Å²) in [5.74, 6) is 1.96. The molecule has 27 heavy (non-hydrogen) atoms. The second-order valence-corrected chi connectivity index (χ2v) is 6.04. The number of hydrogen-bond acceptors (Lipinski definition) is 8. The molecular formula is C18H15N5O4. The van der Waals surface area contributed by atoms with Crippen molar-refractivity contribution in [1.29, 1.82) is 0 Å². The van der Waals surface area contributed by atoms with Crippen LogP contribution in [0.4, 0.5) is 0 Å². The lowest BCUT2D eigenvalue weighted by atomic mass is 10.1. The zero-order valence-electron chi connectivity index (χ0n) is 14.4. The third-order valence-electron chi connectivity index (χ3n) is 4.45. The molecule has 9 nitrogen and oxygen atoms in total. The predicted octanol–water partition coefficient (Wildman–Crippen LogP) is 2.87. The summed E-state index contributed by atoms with van der Waals surface area (Å²) in [7, 11) is 1.64. The summed E-state index contributed by atoms with van der Waals surface area (Å²) in [5.41, 5.74) is 2.41. The topological polar surface area (TPSA) is 101 Å². The van der Waals surface area contributed by atoms with Gasteiger partial charge in [0.2, 0.25) is 5.82 Å². The van der Waals surface area contributed by atoms with Gasteiger partial charge in [-0.15, -0.1) is 5.10 Å². The first-order chi connectivity index (χ1) is 13.3. The molecule has 0 spiro atoms. The number of nitrogens with zero attached hydrogens (tertiary/aromatic N) is 5. The van der Waals surface area contributed by atoms with E-state index in [-0.39, 0.29) is 6.10 Å². The van der Waals surface area contributed by atoms with Gasteiger partial charge in [0.05, 0.1) is 32.2 Å². The zero-order chi connectivity index (χ0) is 18.2. The van der Waals surface area contributed by atoms with Crippen LogP contribution >= 0.6 is 0 Å². The van der Waals surface area contributed by atoms with Gasteiger partial charge < -0.3 is 18.4 Å². The maximum Gasteiger partial charge on any atom is 0.293 e. The van der Waals surface area contributed by atoms with Crippen molar-refractivity contribution in [3.05, 3.63) is 53.9 Å². The van der Waals surface area contributed by atoms with E-state index in [2.05, 4.69) is 20.5 Å². The highest BCUT2D eigenvalue weighted by Gasteiger charge is 2.28. The molecule has 4 aromatic rings. The van der Waals surface area contributed by atoms with Gasteiger partial charge in [-0.05, 0) is 29.8 Å². The molecule has 0 radical (unpaired) electrons. The number of benzene rings is 1. The van der Waals surface area contributed by atoms with Gasteiger partial charge in [-0.25, -0.2) is 4.68 Å². The monoisotopic (exact) mass is 365 g/mol. The summed E-state index contributed by atoms with van der Waals surface area (Å²) in [6, 6.07) is 11.3. The fourth-order valence-electron chi connectivity index (χ4n) is 3.03. The number of aromatic nitrogens is 5. The number of hydrogen-bond donors (Lipinski definition) is 0. The molecule has 3 aromatic heterocycles. The van der Waals surface area contributed by atoms with E-state index in [0.29, 0.717) is 36.3 Å². The van der Waals surface area contributed by atoms with Crippen molar-refractivity contribution < 1.29 is 18.4 Å². The first-order valence-electron chi connectivity index (χ1n) is 8.37. The van der Waals surface area contributed by atoms with E-state index in [9.17, 15) is 0 Å². The molecule has 0 aliphatic carbocycles. The van der Waals surface area contributed by atoms with Gasteiger partial charge in [0.15, 0.2) is 11.5 Å². The fourth-order valence-corrected chi connectivity index (χ4v) is 3.03. The average Bonchev–Trinajstić information content (AvgIpc) is 3.46. The Kier molecular flexibility index (Phi) is 3.72. The SMILES string of the molecule is COc1ccc(C2Cn3nnc(-c4noc(-c5ccco5)n4)c3CO2)cc1. The Morgan fingerprint density at radius 1 is 1.19 bits per heavy atom. The van der Waals surface area contributed by atoms with Crippen LogP contribution in [0.2, 0.25) is 0 Å². The number of rotatable bonds is 4. The van der Waals surface area contributed by atoms with Crippen LogP contribution in [0.3, 0.4) is 0 Å². The third-order valence-corrected chi connectivity index (χ3v) is 4.45. The molecule has 0 N–H and O–H groups in total. The van der Waals surface area contributed by atoms with Crippen LogP contribution in [0.1, 0.15) is 17.4 Å². The number of fused-ring (bicyclic) bond motifs is 1. The van der Waals surface area contributed by atoms with E-state index in [0.717, 1.165) is 17.0 Å². The Morgan fingerprint density at radius 2 is 2.07 bits per heavy atom. The zero-order valence-corrected chi connectivity index (χ0v) is 14.4. The highest BCUT2D eigenvalue weighted by molar-refractivity contribution is 5.55. The normalized spacial score (nSPS) is 16.3. The van der Waals surface area contributed by atoms with Crippen molar-refractivity contribution in [2.45, 2.75) is 19.3 Å². The number of methoxy groups -OCH3 is 1. The van der Waals surface area contributed by atoms with Gasteiger partial charge in [-0.1, -0.05) is 22.5 Å². The summed E-state index contributed by atoms with van der Waals surface area (Å²) in [6.07, 6.45) is 1.44. The minimum Gasteiger partial charge on any atom is -0.497 e. The van der Waals surface area contributed by atoms with E-state index in [1.165, 1.54) is 0 Å². The van der Waals surface area contributed by atoms with Crippen LogP contribution in [0, 0.1) is 0 Å². The molecule has 0 bridgehead atoms. The van der Waals surface area contributed by atoms with Crippen molar-refractivity contribution in [3.63, 3.8) is 0 Å². The second kappa shape index (κ2) is 6.36. The van der Waals surface area contributed by atoms with Gasteiger partial charge in [0.25, 0.3) is 5.89 Å². The Hall–Kier alpha value is -3.46. The maximum atomic E-state index is 6.02. The third kappa shape index (κ3) is 2.77. The van der Waals surface area contributed by atoms with Crippen LogP contribution < -0.4 is 4.74 Å². The molecule has 9 heteroatoms. The Balaban J connectivity index is 1.40. The molecule has 0 fully saturated rings. The molecule has 0 saturated carbocycles. The Morgan fingerprint density at radius 3 is 2.85 bits per heavy atom. The Bertz CT molecular complexity index is 1050. The van der Waals surface area contributed by atoms with Crippen LogP contribution in [0.25, 0.3) is 23.2 Å². The second-order valence-electron chi connectivity index (χ2n) is 6.04. The first kappa shape index (κ1) is 15.8. The van der Waals surface area contributed by atoms with Crippen molar-refractivity contribution in [2.24, 2.45) is 0 Å². The smallest absolute Gasteiger partial charge is 0.293 e. The van der Waals surface area contributed by atoms with E-state index >= 15 is 0 Å². The van der Waals surface area contributed by atoms with Crippen molar-refractivity contribution >= 4 is 0 Å². The molecule has 1 atom stereocenters. The van der Waals surface area contributed by atoms with Gasteiger partial charge >= 0.3 is 0 Å². The lowest BCUT2D eigenvalue weighted by Gasteiger charge is -2.24. The Labute approximate surface area is 153 Å². The molecule has 1 aromatic carbocycles. The van der Waals surface area contributed by atoms with Gasteiger partial charge in [-0.3, -0.25) is 0 Å². The minimum absolute atomic E-state index is 0.109. The standard InChI is InChI=1S/C18H15N5O4/c1-24-12-6-4-11(5-7-12)15-9-23-13(10-26-15)16(20-22-23)17-19-18(27-21-17)14-3-2-8-25-14/h2-8,15H,9-10H2,1H3. The highest BCUT2D eigenvalue weighted by atomic mass is 16.5. The molecule has 0 amide bonds. The summed E-state index contributed by atoms with van der Waals surface area (Å²) in [6.45, 7) is 0.904. The molecule has 1 aliphatic heterocycles. The van der Waals surface area contributed by atoms with E-state index in [1.807, 2.05) is 28.9 Å². The van der Waals surface area contributed by atoms with Crippen LogP contribution in [0.15, 0.2) is 51.6 Å². The van der Waals surface area contributed by atoms with Crippen LogP contribution in [-0.4, -0.2) is 32.2 Å². The highest BCUT2D eigenvalue weighted by Crippen LogP contribution is 2.31. The van der Waals surface area contributed by atoms with Crippen molar-refractivity contribution in [1.82, 2.24) is 25.1 Å². The maximum absolute atomic E-state index is 6.02. The lowest BCUT2D eigenvalue weighted by Crippen LogP contribution is -2.22. The molecular weight excluding hydrogens is 350 g/mol. The molecule has 1 unspecified atom stereocenters. The molecule has 136 valence electrons. The van der Waals surface area contributed by atoms with Gasteiger partial charge in [-0.2, -0.15) is 4.98 Å². The largest absolute Gasteiger partial charge is 0.497 e. The molecule has 4 heterocycles. The van der Waals surface area contributed by atoms with Crippen LogP contribution in [0.5, 0.6) is 5.75 Å². The number of furan rings is 1. The summed E-state index contributed by atoms with van der Waals surface area (Å²) >= 11 is 0. The quantitative estimate of drug-likeness (QED) is 0.544. The minimum atomic E-state index is -0.109. The molecule has 0 saturated heterocycles. The molecule has 5 rings (SSSR count). The van der Waals surface area contributed by atoms with E-state index in [1.54, 1.807) is 25.5 Å². The fraction of sp³-hybridized carbons (Fsp3) is 0.222. The predicted molar refractivity (Wildman–Crippen MR) is 91.5 cm³/mol. The van der Waals surface area contributed by atoms with Gasteiger partial charge in [0.1, 0.15) is 11.9 Å². The van der Waals surface area contributed by atoms with Gasteiger partial charge in [0, 0.05) is 0 Å². The first-order valence-corrected chi connectivity index (χ1v) is 8.37. The average molecular weight is 365 g/mol. The summed E-state index contributed by atoms with van der Waals surface area (Å²) in [5, 5.41) is 12.4. The lowest BCUT2D eigenvalue weighted by molar-refractivity contribution is -0.00114. The van der Waals surface area contributed by atoms with E-state index < -0.39 is 0 Å². The number of ether oxygens (including phenoxy) is 2. The molecule has 1 aliphatic rings.